The molecule has 9 heteroatoms. The number of hydrogen-bond donors (Lipinski definition) is 1. The van der Waals surface area contributed by atoms with Crippen LogP contribution in [0.15, 0.2) is 42.5 Å². The van der Waals surface area contributed by atoms with Crippen LogP contribution in [-0.2, 0) is 9.53 Å². The number of carbonyl (C=O) groups is 3. The van der Waals surface area contributed by atoms with Gasteiger partial charge in [0, 0.05) is 50.8 Å². The molecule has 36 heavy (non-hydrogen) atoms. The molecular weight excluding hydrogens is 465 g/mol. The maximum Gasteiger partial charge on any atom is 0.257 e. The molecule has 0 bridgehead atoms. The summed E-state index contributed by atoms with van der Waals surface area (Å²) in [6.07, 6.45) is 0.0873. The van der Waals surface area contributed by atoms with Gasteiger partial charge in [-0.1, -0.05) is 13.8 Å². The molecule has 194 valence electrons. The summed E-state index contributed by atoms with van der Waals surface area (Å²) in [5, 5.41) is 2.75. The van der Waals surface area contributed by atoms with Crippen molar-refractivity contribution in [3.05, 3.63) is 59.4 Å². The minimum Gasteiger partial charge on any atom is -0.491 e. The van der Waals surface area contributed by atoms with E-state index in [4.69, 9.17) is 9.47 Å². The molecule has 1 aliphatic rings. The van der Waals surface area contributed by atoms with Crippen LogP contribution in [0, 0.1) is 11.7 Å². The summed E-state index contributed by atoms with van der Waals surface area (Å²) < 4.78 is 24.9. The Balaban J connectivity index is 1.93. The van der Waals surface area contributed by atoms with Crippen LogP contribution in [-0.4, -0.2) is 73.5 Å². The third-order valence-corrected chi connectivity index (χ3v) is 6.43. The number of benzene rings is 2. The first kappa shape index (κ1) is 27.1. The molecule has 0 saturated carbocycles. The van der Waals surface area contributed by atoms with E-state index in [-0.39, 0.29) is 47.6 Å². The molecule has 1 heterocycles. The van der Waals surface area contributed by atoms with Crippen LogP contribution in [0.4, 0.5) is 10.1 Å². The Kier molecular flexibility index (Phi) is 9.03. The minimum absolute atomic E-state index is 0.0216. The lowest BCUT2D eigenvalue weighted by Gasteiger charge is -2.36. The zero-order valence-corrected chi connectivity index (χ0v) is 21.4. The van der Waals surface area contributed by atoms with E-state index in [0.29, 0.717) is 30.9 Å². The first-order valence-electron chi connectivity index (χ1n) is 12.1. The molecule has 0 fully saturated rings. The number of nitrogens with zero attached hydrogens (tertiary/aromatic N) is 2. The number of methoxy groups -OCH3 is 1. The zero-order chi connectivity index (χ0) is 26.4. The van der Waals surface area contributed by atoms with Crippen LogP contribution in [0.5, 0.6) is 5.75 Å². The molecule has 0 radical (unpaired) electrons. The minimum atomic E-state index is -0.436. The highest BCUT2D eigenvalue weighted by molar-refractivity contribution is 6.05. The lowest BCUT2D eigenvalue weighted by atomic mass is 10.0. The van der Waals surface area contributed by atoms with E-state index < -0.39 is 11.7 Å². The van der Waals surface area contributed by atoms with Gasteiger partial charge in [-0.2, -0.15) is 0 Å². The van der Waals surface area contributed by atoms with Gasteiger partial charge in [0.15, 0.2) is 0 Å². The van der Waals surface area contributed by atoms with E-state index in [0.717, 1.165) is 0 Å². The highest BCUT2D eigenvalue weighted by Gasteiger charge is 2.30. The summed E-state index contributed by atoms with van der Waals surface area (Å²) in [4.78, 5) is 42.1. The van der Waals surface area contributed by atoms with Gasteiger partial charge in [-0.3, -0.25) is 14.4 Å². The van der Waals surface area contributed by atoms with Crippen LogP contribution in [0.3, 0.4) is 0 Å². The van der Waals surface area contributed by atoms with Gasteiger partial charge in [0.25, 0.3) is 11.8 Å². The normalized spacial score (nSPS) is 21.1. The molecule has 1 aliphatic heterocycles. The number of ether oxygens (including phenoxy) is 2. The lowest BCUT2D eigenvalue weighted by molar-refractivity contribution is -0.135. The van der Waals surface area contributed by atoms with Crippen LogP contribution in [0.25, 0.3) is 0 Å². The number of amides is 3. The fourth-order valence-corrected chi connectivity index (χ4v) is 4.21. The molecule has 8 nitrogen and oxygen atoms in total. The number of likely N-dealkylation sites (N-methyl/N-ethyl adjacent to an activating group) is 1. The van der Waals surface area contributed by atoms with Gasteiger partial charge in [0.05, 0.1) is 17.7 Å². The Labute approximate surface area is 211 Å². The Morgan fingerprint density at radius 2 is 1.83 bits per heavy atom. The van der Waals surface area contributed by atoms with E-state index in [1.807, 2.05) is 20.8 Å². The Bertz CT molecular complexity index is 1090. The van der Waals surface area contributed by atoms with Crippen LogP contribution in [0.1, 0.15) is 47.9 Å². The van der Waals surface area contributed by atoms with Gasteiger partial charge in [-0.15, -0.1) is 0 Å². The van der Waals surface area contributed by atoms with Crippen LogP contribution < -0.4 is 10.1 Å². The van der Waals surface area contributed by atoms with E-state index in [1.165, 1.54) is 24.3 Å². The molecule has 0 saturated heterocycles. The monoisotopic (exact) mass is 499 g/mol. The van der Waals surface area contributed by atoms with Crippen molar-refractivity contribution in [2.75, 3.05) is 39.2 Å². The van der Waals surface area contributed by atoms with Crippen molar-refractivity contribution in [2.24, 2.45) is 5.92 Å². The van der Waals surface area contributed by atoms with Crippen molar-refractivity contribution in [3.8, 4) is 5.75 Å². The fraction of sp³-hybridized carbons (Fsp3) is 0.444. The lowest BCUT2D eigenvalue weighted by Crippen LogP contribution is -2.48. The van der Waals surface area contributed by atoms with Crippen LogP contribution in [0.2, 0.25) is 0 Å². The predicted molar refractivity (Wildman–Crippen MR) is 135 cm³/mol. The van der Waals surface area contributed by atoms with Gasteiger partial charge in [-0.25, -0.2) is 4.39 Å². The standard InChI is InChI=1S/C27H34FN3O5/c1-6-25(32)31-14-17(2)24(35-5)15-30(4)27(34)22-13-21(11-12-23(22)36-16-18(31)3)29-26(33)19-7-9-20(28)10-8-19/h7-13,17-18,24H,6,14-16H2,1-5H3,(H,29,33)/t17-,18-,24-/m1/s1. The van der Waals surface area contributed by atoms with Crippen LogP contribution >= 0.6 is 0 Å². The maximum atomic E-state index is 13.4. The molecule has 3 amide bonds. The molecule has 2 aromatic carbocycles. The van der Waals surface area contributed by atoms with Gasteiger partial charge in [0.1, 0.15) is 18.2 Å². The molecule has 0 aliphatic carbocycles. The summed E-state index contributed by atoms with van der Waals surface area (Å²) in [5.41, 5.74) is 0.960. The molecule has 0 aromatic heterocycles. The topological polar surface area (TPSA) is 88.2 Å². The molecule has 0 unspecified atom stereocenters. The molecule has 2 aromatic rings. The molecule has 3 atom stereocenters. The Morgan fingerprint density at radius 3 is 2.47 bits per heavy atom. The van der Waals surface area contributed by atoms with E-state index in [2.05, 4.69) is 5.32 Å². The maximum absolute atomic E-state index is 13.4. The number of anilines is 1. The van der Waals surface area contributed by atoms with Crippen molar-refractivity contribution in [3.63, 3.8) is 0 Å². The zero-order valence-electron chi connectivity index (χ0n) is 21.4. The molecule has 0 spiro atoms. The van der Waals surface area contributed by atoms with Crippen molar-refractivity contribution in [1.82, 2.24) is 9.80 Å². The van der Waals surface area contributed by atoms with Gasteiger partial charge in [0.2, 0.25) is 5.91 Å². The number of hydrogen-bond acceptors (Lipinski definition) is 5. The second-order valence-corrected chi connectivity index (χ2v) is 9.17. The number of carbonyl (C=O) groups excluding carboxylic acids is 3. The number of fused-ring (bicyclic) bond motifs is 1. The van der Waals surface area contributed by atoms with Crippen molar-refractivity contribution in [1.29, 1.82) is 0 Å². The average molecular weight is 500 g/mol. The van der Waals surface area contributed by atoms with Gasteiger partial charge in [-0.05, 0) is 49.4 Å². The van der Waals surface area contributed by atoms with Gasteiger partial charge >= 0.3 is 0 Å². The summed E-state index contributed by atoms with van der Waals surface area (Å²) in [7, 11) is 3.28. The number of rotatable bonds is 4. The van der Waals surface area contributed by atoms with E-state index >= 15 is 0 Å². The number of nitrogens with one attached hydrogen (secondary N) is 1. The van der Waals surface area contributed by atoms with E-state index in [9.17, 15) is 18.8 Å². The Morgan fingerprint density at radius 1 is 1.14 bits per heavy atom. The number of halogens is 1. The second-order valence-electron chi connectivity index (χ2n) is 9.17. The third-order valence-electron chi connectivity index (χ3n) is 6.43. The average Bonchev–Trinajstić information content (AvgIpc) is 2.87. The van der Waals surface area contributed by atoms with Crippen molar-refractivity contribution < 1.29 is 28.2 Å². The third kappa shape index (κ3) is 6.40. The summed E-state index contributed by atoms with van der Waals surface area (Å²) in [6.45, 7) is 6.73. The summed E-state index contributed by atoms with van der Waals surface area (Å²) in [6, 6.07) is 9.79. The Hall–Kier alpha value is -3.46. The first-order valence-corrected chi connectivity index (χ1v) is 12.1. The highest BCUT2D eigenvalue weighted by Crippen LogP contribution is 2.27. The van der Waals surface area contributed by atoms with Gasteiger partial charge < -0.3 is 24.6 Å². The smallest absolute Gasteiger partial charge is 0.257 e. The SMILES string of the molecule is CCC(=O)N1C[C@@H](C)[C@H](OC)CN(C)C(=O)c2cc(NC(=O)c3ccc(F)cc3)ccc2OC[C@H]1C. The van der Waals surface area contributed by atoms with Crippen molar-refractivity contribution >= 4 is 23.4 Å². The first-order chi connectivity index (χ1) is 17.1. The molecule has 1 N–H and O–H groups in total. The molecular formula is C27H34FN3O5. The second kappa shape index (κ2) is 12.0. The largest absolute Gasteiger partial charge is 0.491 e. The quantitative estimate of drug-likeness (QED) is 0.691. The fourth-order valence-electron chi connectivity index (χ4n) is 4.21. The summed E-state index contributed by atoms with van der Waals surface area (Å²) in [5.74, 6) is -0.803. The highest BCUT2D eigenvalue weighted by atomic mass is 19.1. The van der Waals surface area contributed by atoms with E-state index in [1.54, 1.807) is 42.2 Å². The van der Waals surface area contributed by atoms with Crippen molar-refractivity contribution in [2.45, 2.75) is 39.3 Å². The summed E-state index contributed by atoms with van der Waals surface area (Å²) >= 11 is 0. The predicted octanol–water partition coefficient (Wildman–Crippen LogP) is 3.82. The molecule has 3 rings (SSSR count).